The standard InChI is InChI=1S/C13H25NO4S/c1-4-6-10-14(5-2)19(16,17)12-9-7-8-11(12)13(15)18-3/h11-12H,4-10H2,1-3H3. The molecule has 0 aromatic carbocycles. The zero-order chi connectivity index (χ0) is 14.5. The van der Waals surface area contributed by atoms with Crippen molar-refractivity contribution in [2.24, 2.45) is 5.92 Å². The second-order valence-corrected chi connectivity index (χ2v) is 7.14. The third-order valence-electron chi connectivity index (χ3n) is 3.81. The monoisotopic (exact) mass is 291 g/mol. The SMILES string of the molecule is CCCCN(CC)S(=O)(=O)C1CCCC1C(=O)OC. The molecule has 19 heavy (non-hydrogen) atoms. The van der Waals surface area contributed by atoms with E-state index in [0.717, 1.165) is 19.3 Å². The summed E-state index contributed by atoms with van der Waals surface area (Å²) in [5, 5.41) is -0.600. The Morgan fingerprint density at radius 1 is 1.32 bits per heavy atom. The highest BCUT2D eigenvalue weighted by atomic mass is 32.2. The van der Waals surface area contributed by atoms with Gasteiger partial charge in [-0.25, -0.2) is 12.7 Å². The van der Waals surface area contributed by atoms with Gasteiger partial charge in [0.25, 0.3) is 0 Å². The fraction of sp³-hybridized carbons (Fsp3) is 0.923. The third kappa shape index (κ3) is 3.69. The second-order valence-electron chi connectivity index (χ2n) is 4.99. The molecule has 5 nitrogen and oxygen atoms in total. The van der Waals surface area contributed by atoms with E-state index in [1.165, 1.54) is 11.4 Å². The van der Waals surface area contributed by atoms with E-state index in [1.807, 2.05) is 13.8 Å². The Morgan fingerprint density at radius 2 is 2.00 bits per heavy atom. The van der Waals surface area contributed by atoms with Gasteiger partial charge in [-0.15, -0.1) is 0 Å². The number of methoxy groups -OCH3 is 1. The first-order valence-electron chi connectivity index (χ1n) is 7.05. The van der Waals surface area contributed by atoms with Crippen molar-refractivity contribution in [3.05, 3.63) is 0 Å². The molecule has 0 spiro atoms. The van der Waals surface area contributed by atoms with Gasteiger partial charge in [0.05, 0.1) is 18.3 Å². The van der Waals surface area contributed by atoms with Gasteiger partial charge in [-0.1, -0.05) is 26.7 Å². The highest BCUT2D eigenvalue weighted by molar-refractivity contribution is 7.89. The fourth-order valence-electron chi connectivity index (χ4n) is 2.69. The van der Waals surface area contributed by atoms with Gasteiger partial charge in [0.2, 0.25) is 10.0 Å². The molecule has 0 aliphatic heterocycles. The van der Waals surface area contributed by atoms with Gasteiger partial charge in [-0.3, -0.25) is 4.79 Å². The maximum Gasteiger partial charge on any atom is 0.310 e. The summed E-state index contributed by atoms with van der Waals surface area (Å²) in [6.45, 7) is 4.88. The number of carbonyl (C=O) groups excluding carboxylic acids is 1. The predicted octanol–water partition coefficient (Wildman–Crippen LogP) is 1.78. The van der Waals surface area contributed by atoms with Gasteiger partial charge in [-0.05, 0) is 19.3 Å². The molecule has 2 atom stereocenters. The average molecular weight is 291 g/mol. The van der Waals surface area contributed by atoms with Gasteiger partial charge in [0.15, 0.2) is 0 Å². The highest BCUT2D eigenvalue weighted by Crippen LogP contribution is 2.33. The normalized spacial score (nSPS) is 23.8. The summed E-state index contributed by atoms with van der Waals surface area (Å²) in [5.74, 6) is -0.886. The topological polar surface area (TPSA) is 63.7 Å². The summed E-state index contributed by atoms with van der Waals surface area (Å²) >= 11 is 0. The Balaban J connectivity index is 2.87. The van der Waals surface area contributed by atoms with Crippen molar-refractivity contribution in [2.45, 2.75) is 51.2 Å². The molecule has 0 aromatic rings. The average Bonchev–Trinajstić information content (AvgIpc) is 2.88. The maximum absolute atomic E-state index is 12.6. The van der Waals surface area contributed by atoms with E-state index < -0.39 is 27.2 Å². The van der Waals surface area contributed by atoms with Crippen LogP contribution in [0.15, 0.2) is 0 Å². The Hall–Kier alpha value is -0.620. The molecule has 6 heteroatoms. The van der Waals surface area contributed by atoms with Gasteiger partial charge < -0.3 is 4.74 Å². The molecule has 112 valence electrons. The number of hydrogen-bond donors (Lipinski definition) is 0. The fourth-order valence-corrected chi connectivity index (χ4v) is 4.95. The van der Waals surface area contributed by atoms with Crippen molar-refractivity contribution in [1.82, 2.24) is 4.31 Å². The van der Waals surface area contributed by atoms with Crippen LogP contribution in [0.4, 0.5) is 0 Å². The maximum atomic E-state index is 12.6. The molecular weight excluding hydrogens is 266 g/mol. The summed E-state index contributed by atoms with van der Waals surface area (Å²) in [6.07, 6.45) is 3.75. The number of unbranched alkanes of at least 4 members (excludes halogenated alkanes) is 1. The molecule has 1 rings (SSSR count). The first-order chi connectivity index (χ1) is 8.98. The van der Waals surface area contributed by atoms with Crippen LogP contribution in [-0.2, 0) is 19.6 Å². The number of hydrogen-bond acceptors (Lipinski definition) is 4. The highest BCUT2D eigenvalue weighted by Gasteiger charge is 2.44. The van der Waals surface area contributed by atoms with Crippen LogP contribution >= 0.6 is 0 Å². The first-order valence-corrected chi connectivity index (χ1v) is 8.56. The molecule has 0 N–H and O–H groups in total. The molecule has 2 unspecified atom stereocenters. The van der Waals surface area contributed by atoms with Gasteiger partial charge >= 0.3 is 5.97 Å². The minimum atomic E-state index is -3.39. The lowest BCUT2D eigenvalue weighted by atomic mass is 10.1. The third-order valence-corrected chi connectivity index (χ3v) is 6.30. The van der Waals surface area contributed by atoms with E-state index in [4.69, 9.17) is 4.74 Å². The number of nitrogens with zero attached hydrogens (tertiary/aromatic N) is 1. The lowest BCUT2D eigenvalue weighted by molar-refractivity contribution is -0.145. The Kier molecular flexibility index (Phi) is 6.26. The largest absolute Gasteiger partial charge is 0.469 e. The zero-order valence-corrected chi connectivity index (χ0v) is 12.9. The lowest BCUT2D eigenvalue weighted by Gasteiger charge is -2.26. The zero-order valence-electron chi connectivity index (χ0n) is 12.1. The van der Waals surface area contributed by atoms with Gasteiger partial charge in [0, 0.05) is 13.1 Å². The first kappa shape index (κ1) is 16.4. The molecule has 0 saturated heterocycles. The summed E-state index contributed by atoms with van der Waals surface area (Å²) < 4.78 is 31.5. The number of esters is 1. The van der Waals surface area contributed by atoms with Crippen molar-refractivity contribution in [1.29, 1.82) is 0 Å². The van der Waals surface area contributed by atoms with Crippen LogP contribution in [0.25, 0.3) is 0 Å². The molecule has 1 aliphatic rings. The Morgan fingerprint density at radius 3 is 2.53 bits per heavy atom. The van der Waals surface area contributed by atoms with Crippen molar-refractivity contribution < 1.29 is 17.9 Å². The second kappa shape index (κ2) is 7.24. The molecular formula is C13H25NO4S. The minimum Gasteiger partial charge on any atom is -0.469 e. The van der Waals surface area contributed by atoms with Crippen LogP contribution in [0.1, 0.15) is 46.0 Å². The minimum absolute atomic E-state index is 0.391. The predicted molar refractivity (Wildman–Crippen MR) is 74.2 cm³/mol. The van der Waals surface area contributed by atoms with E-state index in [9.17, 15) is 13.2 Å². The molecule has 1 aliphatic carbocycles. The van der Waals surface area contributed by atoms with Crippen molar-refractivity contribution in [3.8, 4) is 0 Å². The number of ether oxygens (including phenoxy) is 1. The number of sulfonamides is 1. The summed E-state index contributed by atoms with van der Waals surface area (Å²) in [7, 11) is -2.08. The van der Waals surface area contributed by atoms with Gasteiger partial charge in [-0.2, -0.15) is 0 Å². The van der Waals surface area contributed by atoms with Crippen LogP contribution in [0.3, 0.4) is 0 Å². The summed E-state index contributed by atoms with van der Waals surface area (Å²) in [5.41, 5.74) is 0. The molecule has 0 radical (unpaired) electrons. The van der Waals surface area contributed by atoms with Crippen LogP contribution < -0.4 is 0 Å². The van der Waals surface area contributed by atoms with E-state index in [0.29, 0.717) is 25.9 Å². The van der Waals surface area contributed by atoms with Crippen molar-refractivity contribution >= 4 is 16.0 Å². The van der Waals surface area contributed by atoms with Crippen LogP contribution in [0.5, 0.6) is 0 Å². The van der Waals surface area contributed by atoms with Crippen molar-refractivity contribution in [3.63, 3.8) is 0 Å². The molecule has 1 saturated carbocycles. The molecule has 0 bridgehead atoms. The van der Waals surface area contributed by atoms with E-state index in [1.54, 1.807) is 0 Å². The van der Waals surface area contributed by atoms with Crippen LogP contribution in [-0.4, -0.2) is 44.1 Å². The van der Waals surface area contributed by atoms with Crippen LogP contribution in [0, 0.1) is 5.92 Å². The number of carbonyl (C=O) groups is 1. The summed E-state index contributed by atoms with van der Waals surface area (Å²) in [4.78, 5) is 11.7. The summed E-state index contributed by atoms with van der Waals surface area (Å²) in [6, 6.07) is 0. The number of rotatable bonds is 7. The van der Waals surface area contributed by atoms with E-state index >= 15 is 0 Å². The molecule has 0 amide bonds. The van der Waals surface area contributed by atoms with Crippen molar-refractivity contribution in [2.75, 3.05) is 20.2 Å². The lowest BCUT2D eigenvalue weighted by Crippen LogP contribution is -2.42. The van der Waals surface area contributed by atoms with Gasteiger partial charge in [0.1, 0.15) is 0 Å². The smallest absolute Gasteiger partial charge is 0.310 e. The van der Waals surface area contributed by atoms with E-state index in [2.05, 4.69) is 0 Å². The quantitative estimate of drug-likeness (QED) is 0.671. The molecule has 1 fully saturated rings. The Labute approximate surface area is 116 Å². The Bertz CT molecular complexity index is 393. The molecule has 0 aromatic heterocycles. The molecule has 0 heterocycles. The van der Waals surface area contributed by atoms with Crippen LogP contribution in [0.2, 0.25) is 0 Å². The van der Waals surface area contributed by atoms with E-state index in [-0.39, 0.29) is 0 Å².